The first kappa shape index (κ1) is 8.28. The number of hydrogen-bond acceptors (Lipinski definition) is 1. The number of aliphatic hydroxyl groups is 1. The lowest BCUT2D eigenvalue weighted by Gasteiger charge is -2.21. The van der Waals surface area contributed by atoms with E-state index in [4.69, 9.17) is 5.11 Å². The monoisotopic (exact) mass is 158 g/mol. The summed E-state index contributed by atoms with van der Waals surface area (Å²) in [5, 5.41) is 9.04. The van der Waals surface area contributed by atoms with Crippen LogP contribution in [-0.4, -0.2) is 19.8 Å². The van der Waals surface area contributed by atoms with E-state index in [1.165, 1.54) is 18.9 Å². The molecule has 1 rings (SSSR count). The molecule has 2 heteroatoms. The van der Waals surface area contributed by atoms with Crippen molar-refractivity contribution >= 4 is 8.07 Å². The largest absolute Gasteiger partial charge is 0.396 e. The fraction of sp³-hybridized carbons (Fsp3) is 1.00. The van der Waals surface area contributed by atoms with Crippen LogP contribution in [0.3, 0.4) is 0 Å². The van der Waals surface area contributed by atoms with Crippen LogP contribution in [0.2, 0.25) is 25.7 Å². The van der Waals surface area contributed by atoms with Gasteiger partial charge in [-0.05, 0) is 24.3 Å². The molecule has 1 N–H and O–H groups in total. The predicted octanol–water partition coefficient (Wildman–Crippen LogP) is 2.10. The Morgan fingerprint density at radius 2 is 1.80 bits per heavy atom. The Morgan fingerprint density at radius 1 is 1.30 bits per heavy atom. The average molecular weight is 158 g/mol. The van der Waals surface area contributed by atoms with E-state index in [-0.39, 0.29) is 0 Å². The predicted molar refractivity (Wildman–Crippen MR) is 46.9 cm³/mol. The lowest BCUT2D eigenvalue weighted by atomic mass is 10.2. The number of hydrogen-bond donors (Lipinski definition) is 1. The maximum atomic E-state index is 9.04. The van der Waals surface area contributed by atoms with Gasteiger partial charge in [0.1, 0.15) is 0 Å². The SMILES string of the molecule is C[Si](C)(C)CC1(CO)CC1. The summed E-state index contributed by atoms with van der Waals surface area (Å²) in [5.74, 6) is 0. The molecular formula is C8H18OSi. The zero-order valence-electron chi connectivity index (χ0n) is 7.28. The van der Waals surface area contributed by atoms with Gasteiger partial charge in [-0.1, -0.05) is 19.6 Å². The van der Waals surface area contributed by atoms with Crippen LogP contribution in [0.15, 0.2) is 0 Å². The summed E-state index contributed by atoms with van der Waals surface area (Å²) >= 11 is 0. The minimum absolute atomic E-state index is 0.393. The third-order valence-electron chi connectivity index (χ3n) is 2.20. The quantitative estimate of drug-likeness (QED) is 0.624. The van der Waals surface area contributed by atoms with Crippen LogP contribution < -0.4 is 0 Å². The van der Waals surface area contributed by atoms with Crippen molar-refractivity contribution in [3.63, 3.8) is 0 Å². The van der Waals surface area contributed by atoms with E-state index in [0.29, 0.717) is 12.0 Å². The Morgan fingerprint density at radius 3 is 1.90 bits per heavy atom. The van der Waals surface area contributed by atoms with Gasteiger partial charge in [-0.3, -0.25) is 0 Å². The number of aliphatic hydroxyl groups excluding tert-OH is 1. The van der Waals surface area contributed by atoms with Gasteiger partial charge in [0.05, 0.1) is 0 Å². The highest BCUT2D eigenvalue weighted by Crippen LogP contribution is 2.51. The van der Waals surface area contributed by atoms with Gasteiger partial charge in [-0.2, -0.15) is 0 Å². The smallest absolute Gasteiger partial charge is 0.0484 e. The minimum atomic E-state index is -0.911. The molecule has 0 heterocycles. The van der Waals surface area contributed by atoms with Gasteiger partial charge in [0.2, 0.25) is 0 Å². The fourth-order valence-corrected chi connectivity index (χ4v) is 4.41. The maximum Gasteiger partial charge on any atom is 0.0484 e. The summed E-state index contributed by atoms with van der Waals surface area (Å²) in [6, 6.07) is 1.32. The van der Waals surface area contributed by atoms with Gasteiger partial charge in [0.15, 0.2) is 0 Å². The van der Waals surface area contributed by atoms with Crippen molar-refractivity contribution in [3.8, 4) is 0 Å². The van der Waals surface area contributed by atoms with Crippen LogP contribution in [0.4, 0.5) is 0 Å². The highest BCUT2D eigenvalue weighted by atomic mass is 28.3. The van der Waals surface area contributed by atoms with Crippen molar-refractivity contribution < 1.29 is 5.11 Å². The van der Waals surface area contributed by atoms with Gasteiger partial charge in [0.25, 0.3) is 0 Å². The fourth-order valence-electron chi connectivity index (χ4n) is 1.69. The van der Waals surface area contributed by atoms with Crippen LogP contribution in [0.25, 0.3) is 0 Å². The van der Waals surface area contributed by atoms with Crippen molar-refractivity contribution in [1.29, 1.82) is 0 Å². The second-order valence-electron chi connectivity index (χ2n) is 4.90. The maximum absolute atomic E-state index is 9.04. The molecule has 1 fully saturated rings. The highest BCUT2D eigenvalue weighted by Gasteiger charge is 2.44. The van der Waals surface area contributed by atoms with E-state index in [1.807, 2.05) is 0 Å². The zero-order chi connectivity index (χ0) is 7.83. The molecule has 0 radical (unpaired) electrons. The lowest BCUT2D eigenvalue weighted by molar-refractivity contribution is 0.223. The first-order valence-electron chi connectivity index (χ1n) is 4.08. The lowest BCUT2D eigenvalue weighted by Crippen LogP contribution is -2.26. The standard InChI is InChI=1S/C8H18OSi/c1-10(2,3)7-8(6-9)4-5-8/h9H,4-7H2,1-3H3. The highest BCUT2D eigenvalue weighted by molar-refractivity contribution is 6.76. The molecular weight excluding hydrogens is 140 g/mol. The Labute approximate surface area is 64.5 Å². The molecule has 60 valence electrons. The topological polar surface area (TPSA) is 20.2 Å². The summed E-state index contributed by atoms with van der Waals surface area (Å²) in [4.78, 5) is 0. The molecule has 0 aromatic carbocycles. The third-order valence-corrected chi connectivity index (χ3v) is 4.01. The summed E-state index contributed by atoms with van der Waals surface area (Å²) in [5.41, 5.74) is 0.393. The molecule has 0 aromatic rings. The average Bonchev–Trinajstić information content (AvgIpc) is 2.45. The van der Waals surface area contributed by atoms with Crippen molar-refractivity contribution in [2.75, 3.05) is 6.61 Å². The van der Waals surface area contributed by atoms with E-state index in [9.17, 15) is 0 Å². The van der Waals surface area contributed by atoms with Crippen molar-refractivity contribution in [3.05, 3.63) is 0 Å². The normalized spacial score (nSPS) is 22.8. The molecule has 0 atom stereocenters. The molecule has 0 spiro atoms. The van der Waals surface area contributed by atoms with E-state index < -0.39 is 8.07 Å². The van der Waals surface area contributed by atoms with Gasteiger partial charge in [-0.25, -0.2) is 0 Å². The second kappa shape index (κ2) is 2.34. The van der Waals surface area contributed by atoms with Gasteiger partial charge >= 0.3 is 0 Å². The van der Waals surface area contributed by atoms with Crippen molar-refractivity contribution in [1.82, 2.24) is 0 Å². The first-order valence-corrected chi connectivity index (χ1v) is 7.79. The molecule has 0 amide bonds. The summed E-state index contributed by atoms with van der Waals surface area (Å²) < 4.78 is 0. The van der Waals surface area contributed by atoms with E-state index in [2.05, 4.69) is 19.6 Å². The first-order chi connectivity index (χ1) is 4.47. The van der Waals surface area contributed by atoms with Gasteiger partial charge in [-0.15, -0.1) is 0 Å². The Kier molecular flexibility index (Phi) is 1.94. The van der Waals surface area contributed by atoms with Gasteiger partial charge in [0, 0.05) is 14.7 Å². The minimum Gasteiger partial charge on any atom is -0.396 e. The van der Waals surface area contributed by atoms with E-state index >= 15 is 0 Å². The summed E-state index contributed by atoms with van der Waals surface area (Å²) in [7, 11) is -0.911. The van der Waals surface area contributed by atoms with E-state index in [0.717, 1.165) is 0 Å². The Bertz CT molecular complexity index is 122. The molecule has 1 nitrogen and oxygen atoms in total. The summed E-state index contributed by atoms with van der Waals surface area (Å²) in [6.07, 6.45) is 2.54. The molecule has 1 saturated carbocycles. The molecule has 0 aromatic heterocycles. The molecule has 1 aliphatic carbocycles. The van der Waals surface area contributed by atoms with Crippen LogP contribution in [0.5, 0.6) is 0 Å². The van der Waals surface area contributed by atoms with Gasteiger partial charge < -0.3 is 5.11 Å². The van der Waals surface area contributed by atoms with Crippen molar-refractivity contribution in [2.24, 2.45) is 5.41 Å². The van der Waals surface area contributed by atoms with Crippen LogP contribution in [0, 0.1) is 5.41 Å². The Hall–Kier alpha value is 0.177. The van der Waals surface area contributed by atoms with Crippen LogP contribution in [-0.2, 0) is 0 Å². The molecule has 0 unspecified atom stereocenters. The molecule has 0 aliphatic heterocycles. The summed E-state index contributed by atoms with van der Waals surface area (Å²) in [6.45, 7) is 7.56. The van der Waals surface area contributed by atoms with Crippen LogP contribution >= 0.6 is 0 Å². The van der Waals surface area contributed by atoms with E-state index in [1.54, 1.807) is 0 Å². The molecule has 10 heavy (non-hydrogen) atoms. The second-order valence-corrected chi connectivity index (χ2v) is 10.4. The zero-order valence-corrected chi connectivity index (χ0v) is 8.28. The van der Waals surface area contributed by atoms with Crippen LogP contribution in [0.1, 0.15) is 12.8 Å². The number of rotatable bonds is 3. The van der Waals surface area contributed by atoms with Crippen molar-refractivity contribution in [2.45, 2.75) is 38.5 Å². The molecule has 1 aliphatic rings. The Balaban J connectivity index is 2.38. The molecule has 0 saturated heterocycles. The molecule has 0 bridgehead atoms. The third kappa shape index (κ3) is 2.10.